The Bertz CT molecular complexity index is 433. The fraction of sp³-hybridized carbons (Fsp3) is 0.500. The molecule has 1 aromatic rings. The van der Waals surface area contributed by atoms with Gasteiger partial charge in [-0.3, -0.25) is 4.90 Å². The van der Waals surface area contributed by atoms with Crippen LogP contribution in [0.2, 0.25) is 0 Å². The molecule has 0 saturated carbocycles. The summed E-state index contributed by atoms with van der Waals surface area (Å²) < 4.78 is 30.5. The zero-order valence-electron chi connectivity index (χ0n) is 11.8. The number of hydrogen-bond donors (Lipinski definition) is 0. The molecule has 0 bridgehead atoms. The second kappa shape index (κ2) is 7.50. The Morgan fingerprint density at radius 3 is 2.85 bits per heavy atom. The number of nitrogens with zero attached hydrogens (tertiary/aromatic N) is 1. The van der Waals surface area contributed by atoms with E-state index in [9.17, 15) is 8.78 Å². The zero-order valence-corrected chi connectivity index (χ0v) is 11.8. The third kappa shape index (κ3) is 4.69. The van der Waals surface area contributed by atoms with Crippen molar-refractivity contribution < 1.29 is 13.5 Å². The maximum Gasteiger partial charge on any atom is 0.240 e. The molecule has 1 aliphatic heterocycles. The summed E-state index contributed by atoms with van der Waals surface area (Å²) in [5, 5.41) is 0. The van der Waals surface area contributed by atoms with Crippen molar-refractivity contribution in [3.63, 3.8) is 0 Å². The molecular formula is C16H21F2NO. The van der Waals surface area contributed by atoms with Gasteiger partial charge in [-0.15, -0.1) is 0 Å². The van der Waals surface area contributed by atoms with Crippen molar-refractivity contribution in [2.75, 3.05) is 26.3 Å². The standard InChI is InChI=1S/C16H21F2NO/c1-13(9-14-5-3-2-4-6-14)11-19-7-8-20-12-15(19)10-16(17)18/h2-6,9,15-16H,7-8,10-12H2,1H3/b13-9+. The highest BCUT2D eigenvalue weighted by Gasteiger charge is 2.25. The summed E-state index contributed by atoms with van der Waals surface area (Å²) in [6.45, 7) is 4.51. The van der Waals surface area contributed by atoms with Crippen molar-refractivity contribution in [1.82, 2.24) is 4.90 Å². The van der Waals surface area contributed by atoms with Crippen LogP contribution in [0.3, 0.4) is 0 Å². The summed E-state index contributed by atoms with van der Waals surface area (Å²) in [6, 6.07) is 9.87. The van der Waals surface area contributed by atoms with Gasteiger partial charge in [-0.2, -0.15) is 0 Å². The predicted octanol–water partition coefficient (Wildman–Crippen LogP) is 3.45. The number of hydrogen-bond acceptors (Lipinski definition) is 2. The SMILES string of the molecule is C/C(=C\c1ccccc1)CN1CCOCC1CC(F)F. The Kier molecular flexibility index (Phi) is 5.68. The van der Waals surface area contributed by atoms with Gasteiger partial charge in [0, 0.05) is 25.6 Å². The normalized spacial score (nSPS) is 21.4. The van der Waals surface area contributed by atoms with E-state index in [2.05, 4.69) is 11.0 Å². The van der Waals surface area contributed by atoms with Gasteiger partial charge in [0.25, 0.3) is 0 Å². The Labute approximate surface area is 119 Å². The lowest BCUT2D eigenvalue weighted by Crippen LogP contribution is -2.46. The third-order valence-electron chi connectivity index (χ3n) is 3.46. The molecule has 1 aliphatic rings. The first-order valence-corrected chi connectivity index (χ1v) is 6.97. The second-order valence-corrected chi connectivity index (χ2v) is 5.23. The van der Waals surface area contributed by atoms with E-state index in [1.165, 1.54) is 5.57 Å². The van der Waals surface area contributed by atoms with E-state index < -0.39 is 6.43 Å². The Hall–Kier alpha value is -1.26. The molecule has 2 rings (SSSR count). The lowest BCUT2D eigenvalue weighted by Gasteiger charge is -2.35. The molecule has 1 unspecified atom stereocenters. The highest BCUT2D eigenvalue weighted by atomic mass is 19.3. The molecule has 20 heavy (non-hydrogen) atoms. The average molecular weight is 281 g/mol. The molecule has 4 heteroatoms. The molecule has 1 aromatic carbocycles. The average Bonchev–Trinajstić information content (AvgIpc) is 2.41. The maximum atomic E-state index is 12.6. The molecule has 0 aliphatic carbocycles. The number of halogens is 2. The van der Waals surface area contributed by atoms with Crippen LogP contribution in [0.25, 0.3) is 6.08 Å². The summed E-state index contributed by atoms with van der Waals surface area (Å²) in [4.78, 5) is 2.10. The van der Waals surface area contributed by atoms with Gasteiger partial charge in [0.2, 0.25) is 6.43 Å². The van der Waals surface area contributed by atoms with Gasteiger partial charge in [0.05, 0.1) is 13.2 Å². The van der Waals surface area contributed by atoms with E-state index in [1.54, 1.807) is 0 Å². The summed E-state index contributed by atoms with van der Waals surface area (Å²) in [5.41, 5.74) is 2.32. The monoisotopic (exact) mass is 281 g/mol. The number of alkyl halides is 2. The van der Waals surface area contributed by atoms with Crippen LogP contribution in [-0.4, -0.2) is 43.7 Å². The predicted molar refractivity (Wildman–Crippen MR) is 76.9 cm³/mol. The van der Waals surface area contributed by atoms with Crippen LogP contribution >= 0.6 is 0 Å². The molecule has 0 amide bonds. The van der Waals surface area contributed by atoms with E-state index in [1.807, 2.05) is 37.3 Å². The van der Waals surface area contributed by atoms with Crippen molar-refractivity contribution in [2.24, 2.45) is 0 Å². The molecule has 0 N–H and O–H groups in total. The molecular weight excluding hydrogens is 260 g/mol. The van der Waals surface area contributed by atoms with Crippen molar-refractivity contribution in [2.45, 2.75) is 25.8 Å². The van der Waals surface area contributed by atoms with Gasteiger partial charge in [0.1, 0.15) is 0 Å². The molecule has 0 aromatic heterocycles. The van der Waals surface area contributed by atoms with E-state index in [0.717, 1.165) is 18.7 Å². The molecule has 0 spiro atoms. The van der Waals surface area contributed by atoms with Gasteiger partial charge in [-0.25, -0.2) is 8.78 Å². The van der Waals surface area contributed by atoms with E-state index >= 15 is 0 Å². The lowest BCUT2D eigenvalue weighted by atomic mass is 10.1. The van der Waals surface area contributed by atoms with Crippen LogP contribution in [0.15, 0.2) is 35.9 Å². The summed E-state index contributed by atoms with van der Waals surface area (Å²) >= 11 is 0. The van der Waals surface area contributed by atoms with E-state index in [4.69, 9.17) is 4.74 Å². The third-order valence-corrected chi connectivity index (χ3v) is 3.46. The smallest absolute Gasteiger partial charge is 0.240 e. The maximum absolute atomic E-state index is 12.6. The Morgan fingerprint density at radius 1 is 1.40 bits per heavy atom. The topological polar surface area (TPSA) is 12.5 Å². The zero-order chi connectivity index (χ0) is 14.4. The summed E-state index contributed by atoms with van der Waals surface area (Å²) in [6.07, 6.45) is -0.282. The van der Waals surface area contributed by atoms with Crippen LogP contribution in [0.1, 0.15) is 18.9 Å². The Morgan fingerprint density at radius 2 is 2.15 bits per heavy atom. The Balaban J connectivity index is 1.97. The van der Waals surface area contributed by atoms with E-state index in [-0.39, 0.29) is 12.5 Å². The van der Waals surface area contributed by atoms with Gasteiger partial charge in [-0.1, -0.05) is 42.0 Å². The van der Waals surface area contributed by atoms with Crippen molar-refractivity contribution in [1.29, 1.82) is 0 Å². The largest absolute Gasteiger partial charge is 0.378 e. The summed E-state index contributed by atoms with van der Waals surface area (Å²) in [5.74, 6) is 0. The minimum Gasteiger partial charge on any atom is -0.378 e. The minimum atomic E-state index is -2.28. The van der Waals surface area contributed by atoms with Gasteiger partial charge < -0.3 is 4.74 Å². The number of benzene rings is 1. The molecule has 2 nitrogen and oxygen atoms in total. The van der Waals surface area contributed by atoms with Crippen LogP contribution in [0.4, 0.5) is 8.78 Å². The van der Waals surface area contributed by atoms with E-state index in [0.29, 0.717) is 13.2 Å². The lowest BCUT2D eigenvalue weighted by molar-refractivity contribution is -0.0268. The number of rotatable bonds is 5. The van der Waals surface area contributed by atoms with Crippen LogP contribution in [-0.2, 0) is 4.74 Å². The first-order chi connectivity index (χ1) is 9.65. The highest BCUT2D eigenvalue weighted by molar-refractivity contribution is 5.52. The number of morpholine rings is 1. The number of ether oxygens (including phenoxy) is 1. The first-order valence-electron chi connectivity index (χ1n) is 6.97. The second-order valence-electron chi connectivity index (χ2n) is 5.23. The molecule has 1 saturated heterocycles. The molecule has 0 radical (unpaired) electrons. The molecule has 1 atom stereocenters. The fourth-order valence-electron chi connectivity index (χ4n) is 2.52. The van der Waals surface area contributed by atoms with Crippen molar-refractivity contribution >= 4 is 6.08 Å². The molecule has 1 fully saturated rings. The summed E-state index contributed by atoms with van der Waals surface area (Å²) in [7, 11) is 0. The molecule has 110 valence electrons. The van der Waals surface area contributed by atoms with Crippen LogP contribution in [0, 0.1) is 0 Å². The van der Waals surface area contributed by atoms with Crippen molar-refractivity contribution in [3.05, 3.63) is 41.5 Å². The molecule has 1 heterocycles. The van der Waals surface area contributed by atoms with Gasteiger partial charge >= 0.3 is 0 Å². The van der Waals surface area contributed by atoms with Crippen LogP contribution < -0.4 is 0 Å². The van der Waals surface area contributed by atoms with Gasteiger partial charge in [-0.05, 0) is 12.5 Å². The van der Waals surface area contributed by atoms with Crippen LogP contribution in [0.5, 0.6) is 0 Å². The fourth-order valence-corrected chi connectivity index (χ4v) is 2.52. The highest BCUT2D eigenvalue weighted by Crippen LogP contribution is 2.17. The quantitative estimate of drug-likeness (QED) is 0.819. The van der Waals surface area contributed by atoms with Crippen molar-refractivity contribution in [3.8, 4) is 0 Å². The van der Waals surface area contributed by atoms with Gasteiger partial charge in [0.15, 0.2) is 0 Å². The minimum absolute atomic E-state index is 0.112. The first kappa shape index (κ1) is 15.1.